The summed E-state index contributed by atoms with van der Waals surface area (Å²) in [5.74, 6) is 1.86. The SMILES string of the molecule is CCCc1ccc(C2CCC(CCC)CC2)cc1. The number of benzene rings is 1. The van der Waals surface area contributed by atoms with Crippen LogP contribution in [0, 0.1) is 5.92 Å². The fraction of sp³-hybridized carbons (Fsp3) is 0.667. The Hall–Kier alpha value is -0.780. The molecule has 0 aliphatic heterocycles. The fourth-order valence-electron chi connectivity index (χ4n) is 3.44. The molecule has 1 aromatic carbocycles. The third kappa shape index (κ3) is 3.60. The molecule has 1 aliphatic carbocycles. The number of hydrogen-bond acceptors (Lipinski definition) is 0. The van der Waals surface area contributed by atoms with Crippen molar-refractivity contribution < 1.29 is 0 Å². The van der Waals surface area contributed by atoms with Gasteiger partial charge in [0.2, 0.25) is 0 Å². The van der Waals surface area contributed by atoms with Gasteiger partial charge in [-0.15, -0.1) is 0 Å². The lowest BCUT2D eigenvalue weighted by atomic mass is 9.77. The van der Waals surface area contributed by atoms with Gasteiger partial charge in [-0.2, -0.15) is 0 Å². The number of hydrogen-bond donors (Lipinski definition) is 0. The first kappa shape index (κ1) is 13.6. The van der Waals surface area contributed by atoms with Crippen molar-refractivity contribution in [2.75, 3.05) is 0 Å². The molecule has 18 heavy (non-hydrogen) atoms. The summed E-state index contributed by atoms with van der Waals surface area (Å²) < 4.78 is 0. The van der Waals surface area contributed by atoms with E-state index in [1.165, 1.54) is 56.9 Å². The Bertz CT molecular complexity index is 328. The van der Waals surface area contributed by atoms with Crippen molar-refractivity contribution >= 4 is 0 Å². The van der Waals surface area contributed by atoms with E-state index in [0.29, 0.717) is 0 Å². The number of aryl methyl sites for hydroxylation is 1. The van der Waals surface area contributed by atoms with Crippen LogP contribution < -0.4 is 0 Å². The first-order valence-corrected chi connectivity index (χ1v) is 7.92. The minimum atomic E-state index is 0.841. The van der Waals surface area contributed by atoms with Crippen molar-refractivity contribution in [3.05, 3.63) is 35.4 Å². The first-order chi connectivity index (χ1) is 8.83. The number of rotatable bonds is 5. The monoisotopic (exact) mass is 244 g/mol. The van der Waals surface area contributed by atoms with E-state index in [2.05, 4.69) is 38.1 Å². The van der Waals surface area contributed by atoms with Gasteiger partial charge in [-0.1, -0.05) is 57.4 Å². The van der Waals surface area contributed by atoms with Crippen LogP contribution in [0.4, 0.5) is 0 Å². The third-order valence-electron chi connectivity index (χ3n) is 4.53. The van der Waals surface area contributed by atoms with Crippen LogP contribution in [0.3, 0.4) is 0 Å². The second-order valence-corrected chi connectivity index (χ2v) is 6.00. The molecule has 0 heterocycles. The summed E-state index contributed by atoms with van der Waals surface area (Å²) in [6, 6.07) is 9.46. The van der Waals surface area contributed by atoms with Gasteiger partial charge >= 0.3 is 0 Å². The lowest BCUT2D eigenvalue weighted by molar-refractivity contribution is 0.308. The molecule has 0 nitrogen and oxygen atoms in total. The third-order valence-corrected chi connectivity index (χ3v) is 4.53. The van der Waals surface area contributed by atoms with E-state index in [4.69, 9.17) is 0 Å². The minimum Gasteiger partial charge on any atom is -0.0654 e. The first-order valence-electron chi connectivity index (χ1n) is 7.92. The van der Waals surface area contributed by atoms with Gasteiger partial charge in [-0.25, -0.2) is 0 Å². The van der Waals surface area contributed by atoms with E-state index < -0.39 is 0 Å². The van der Waals surface area contributed by atoms with Gasteiger partial charge in [0, 0.05) is 0 Å². The van der Waals surface area contributed by atoms with E-state index in [-0.39, 0.29) is 0 Å². The Morgan fingerprint density at radius 1 is 0.889 bits per heavy atom. The molecule has 0 spiro atoms. The van der Waals surface area contributed by atoms with E-state index in [1.807, 2.05) is 0 Å². The Kier molecular flexibility index (Phi) is 5.28. The average Bonchev–Trinajstić information content (AvgIpc) is 2.41. The van der Waals surface area contributed by atoms with Gasteiger partial charge in [0.05, 0.1) is 0 Å². The van der Waals surface area contributed by atoms with Gasteiger partial charge in [-0.05, 0) is 55.1 Å². The fourth-order valence-corrected chi connectivity index (χ4v) is 3.44. The summed E-state index contributed by atoms with van der Waals surface area (Å²) >= 11 is 0. The highest BCUT2D eigenvalue weighted by Gasteiger charge is 2.21. The second kappa shape index (κ2) is 6.97. The Morgan fingerprint density at radius 3 is 2.11 bits per heavy atom. The second-order valence-electron chi connectivity index (χ2n) is 6.00. The Morgan fingerprint density at radius 2 is 1.56 bits per heavy atom. The molecule has 2 rings (SSSR count). The van der Waals surface area contributed by atoms with Crippen LogP contribution in [-0.4, -0.2) is 0 Å². The molecule has 0 unspecified atom stereocenters. The van der Waals surface area contributed by atoms with Crippen LogP contribution in [0.25, 0.3) is 0 Å². The lowest BCUT2D eigenvalue weighted by Crippen LogP contribution is -2.13. The highest BCUT2D eigenvalue weighted by atomic mass is 14.3. The maximum atomic E-state index is 2.38. The topological polar surface area (TPSA) is 0 Å². The van der Waals surface area contributed by atoms with Crippen LogP contribution >= 0.6 is 0 Å². The highest BCUT2D eigenvalue weighted by Crippen LogP contribution is 2.37. The van der Waals surface area contributed by atoms with E-state index in [9.17, 15) is 0 Å². The zero-order chi connectivity index (χ0) is 12.8. The molecule has 0 heteroatoms. The molecule has 0 bridgehead atoms. The van der Waals surface area contributed by atoms with Gasteiger partial charge < -0.3 is 0 Å². The quantitative estimate of drug-likeness (QED) is 0.622. The molecular weight excluding hydrogens is 216 g/mol. The maximum absolute atomic E-state index is 2.38. The maximum Gasteiger partial charge on any atom is -0.0162 e. The van der Waals surface area contributed by atoms with Gasteiger partial charge in [0.25, 0.3) is 0 Å². The summed E-state index contributed by atoms with van der Waals surface area (Å²) in [5.41, 5.74) is 3.09. The smallest absolute Gasteiger partial charge is 0.0162 e. The molecule has 0 radical (unpaired) electrons. The van der Waals surface area contributed by atoms with Gasteiger partial charge in [0.1, 0.15) is 0 Å². The van der Waals surface area contributed by atoms with Crippen LogP contribution in [0.15, 0.2) is 24.3 Å². The van der Waals surface area contributed by atoms with Crippen LogP contribution in [0.2, 0.25) is 0 Å². The zero-order valence-electron chi connectivity index (χ0n) is 12.1. The molecule has 0 atom stereocenters. The molecule has 1 fully saturated rings. The predicted octanol–water partition coefficient (Wildman–Crippen LogP) is 5.71. The standard InChI is InChI=1S/C18H28/c1-3-5-15-7-11-17(12-8-15)18-13-9-16(6-4-2)10-14-18/h7-8,11-12,16,18H,3-6,9-10,13-14H2,1-2H3. The van der Waals surface area contributed by atoms with E-state index in [1.54, 1.807) is 5.56 Å². The Balaban J connectivity index is 1.89. The summed E-state index contributed by atoms with van der Waals surface area (Å²) in [7, 11) is 0. The summed E-state index contributed by atoms with van der Waals surface area (Å²) in [4.78, 5) is 0. The van der Waals surface area contributed by atoms with Crippen molar-refractivity contribution in [2.45, 2.75) is 71.1 Å². The largest absolute Gasteiger partial charge is 0.0654 e. The van der Waals surface area contributed by atoms with E-state index in [0.717, 1.165) is 11.8 Å². The molecule has 1 aliphatic rings. The summed E-state index contributed by atoms with van der Waals surface area (Å²) in [6.45, 7) is 4.57. The van der Waals surface area contributed by atoms with Gasteiger partial charge in [-0.3, -0.25) is 0 Å². The predicted molar refractivity (Wildman–Crippen MR) is 80.0 cm³/mol. The van der Waals surface area contributed by atoms with Crippen LogP contribution in [0.1, 0.15) is 75.8 Å². The molecule has 0 N–H and O–H groups in total. The van der Waals surface area contributed by atoms with Crippen LogP contribution in [-0.2, 0) is 6.42 Å². The summed E-state index contributed by atoms with van der Waals surface area (Å²) in [6.07, 6.45) is 11.0. The zero-order valence-corrected chi connectivity index (χ0v) is 12.1. The molecular formula is C18H28. The minimum absolute atomic E-state index is 0.841. The average molecular weight is 244 g/mol. The van der Waals surface area contributed by atoms with Crippen molar-refractivity contribution in [3.8, 4) is 0 Å². The summed E-state index contributed by atoms with van der Waals surface area (Å²) in [5, 5.41) is 0. The van der Waals surface area contributed by atoms with Crippen molar-refractivity contribution in [3.63, 3.8) is 0 Å². The van der Waals surface area contributed by atoms with Crippen molar-refractivity contribution in [2.24, 2.45) is 5.92 Å². The van der Waals surface area contributed by atoms with Crippen molar-refractivity contribution in [1.82, 2.24) is 0 Å². The Labute approximate surface area is 113 Å². The molecule has 1 aromatic rings. The van der Waals surface area contributed by atoms with Crippen molar-refractivity contribution in [1.29, 1.82) is 0 Å². The normalized spacial score (nSPS) is 24.1. The van der Waals surface area contributed by atoms with E-state index >= 15 is 0 Å². The highest BCUT2D eigenvalue weighted by molar-refractivity contribution is 5.25. The molecule has 0 saturated heterocycles. The van der Waals surface area contributed by atoms with Crippen LogP contribution in [0.5, 0.6) is 0 Å². The van der Waals surface area contributed by atoms with Gasteiger partial charge in [0.15, 0.2) is 0 Å². The molecule has 1 saturated carbocycles. The lowest BCUT2D eigenvalue weighted by Gasteiger charge is -2.28. The molecule has 0 aromatic heterocycles. The molecule has 0 amide bonds. The molecule has 100 valence electrons.